The topological polar surface area (TPSA) is 103 Å². The molecule has 0 saturated heterocycles. The molecule has 6 heteroatoms. The Morgan fingerprint density at radius 3 is 2.62 bits per heavy atom. The van der Waals surface area contributed by atoms with Gasteiger partial charge in [-0.15, -0.1) is 0 Å². The number of furan rings is 1. The molecule has 0 bridgehead atoms. The number of carbonyl (C=O) groups is 1. The Hall–Kier alpha value is -1.37. The molecule has 4 N–H and O–H groups in total. The molecule has 0 aliphatic rings. The summed E-state index contributed by atoms with van der Waals surface area (Å²) in [5.74, 6) is -1.28. The van der Waals surface area contributed by atoms with Gasteiger partial charge in [-0.25, -0.2) is 4.79 Å². The van der Waals surface area contributed by atoms with E-state index in [0.29, 0.717) is 5.56 Å². The SMILES string of the molecule is CC(CO)(CO)NCc1ccoc1C(=O)O. The fourth-order valence-electron chi connectivity index (χ4n) is 1.13. The first-order valence-corrected chi connectivity index (χ1v) is 4.79. The van der Waals surface area contributed by atoms with Crippen LogP contribution in [0.1, 0.15) is 23.0 Å². The van der Waals surface area contributed by atoms with Crippen molar-refractivity contribution in [2.24, 2.45) is 0 Å². The Bertz CT molecular complexity index is 356. The predicted octanol–water partition coefficient (Wildman–Crippen LogP) is -0.189. The predicted molar refractivity (Wildman–Crippen MR) is 55.1 cm³/mol. The number of rotatable bonds is 6. The monoisotopic (exact) mass is 229 g/mol. The molecule has 0 unspecified atom stereocenters. The average Bonchev–Trinajstić information content (AvgIpc) is 2.74. The third-order valence-electron chi connectivity index (χ3n) is 2.34. The minimum Gasteiger partial charge on any atom is -0.475 e. The maximum absolute atomic E-state index is 10.7. The maximum atomic E-state index is 10.7. The first-order valence-electron chi connectivity index (χ1n) is 4.79. The zero-order valence-corrected chi connectivity index (χ0v) is 8.93. The van der Waals surface area contributed by atoms with Gasteiger partial charge in [-0.3, -0.25) is 0 Å². The minimum atomic E-state index is -1.14. The molecule has 1 aromatic heterocycles. The number of hydrogen-bond donors (Lipinski definition) is 4. The number of hydrogen-bond acceptors (Lipinski definition) is 5. The van der Waals surface area contributed by atoms with Crippen molar-refractivity contribution in [2.75, 3.05) is 13.2 Å². The summed E-state index contributed by atoms with van der Waals surface area (Å²) in [5.41, 5.74) is -0.367. The lowest BCUT2D eigenvalue weighted by atomic mass is 10.1. The largest absolute Gasteiger partial charge is 0.475 e. The van der Waals surface area contributed by atoms with Crippen molar-refractivity contribution < 1.29 is 24.5 Å². The Morgan fingerprint density at radius 1 is 1.50 bits per heavy atom. The van der Waals surface area contributed by atoms with E-state index in [9.17, 15) is 4.79 Å². The molecule has 0 fully saturated rings. The van der Waals surface area contributed by atoms with Crippen LogP contribution in [0.2, 0.25) is 0 Å². The highest BCUT2D eigenvalue weighted by molar-refractivity contribution is 5.86. The summed E-state index contributed by atoms with van der Waals surface area (Å²) in [5, 5.41) is 29.7. The highest BCUT2D eigenvalue weighted by Crippen LogP contribution is 2.12. The van der Waals surface area contributed by atoms with Crippen LogP contribution in [0.25, 0.3) is 0 Å². The maximum Gasteiger partial charge on any atom is 0.372 e. The van der Waals surface area contributed by atoms with E-state index in [4.69, 9.17) is 19.7 Å². The van der Waals surface area contributed by atoms with Crippen LogP contribution in [0.3, 0.4) is 0 Å². The van der Waals surface area contributed by atoms with Gasteiger partial charge in [-0.1, -0.05) is 0 Å². The van der Waals surface area contributed by atoms with Crippen molar-refractivity contribution in [1.82, 2.24) is 5.32 Å². The minimum absolute atomic E-state index is 0.134. The van der Waals surface area contributed by atoms with E-state index in [2.05, 4.69) is 5.32 Å². The molecule has 0 amide bonds. The van der Waals surface area contributed by atoms with E-state index in [1.807, 2.05) is 0 Å². The summed E-state index contributed by atoms with van der Waals surface area (Å²) in [4.78, 5) is 10.7. The molecule has 0 aliphatic carbocycles. The highest BCUT2D eigenvalue weighted by atomic mass is 16.4. The van der Waals surface area contributed by atoms with Gasteiger partial charge in [0.1, 0.15) is 0 Å². The molecule has 0 spiro atoms. The van der Waals surface area contributed by atoms with Gasteiger partial charge in [-0.05, 0) is 13.0 Å². The van der Waals surface area contributed by atoms with Crippen LogP contribution in [0.5, 0.6) is 0 Å². The Labute approximate surface area is 92.5 Å². The lowest BCUT2D eigenvalue weighted by Gasteiger charge is -2.26. The molecule has 0 saturated carbocycles. The number of aliphatic hydroxyl groups excluding tert-OH is 2. The second-order valence-electron chi connectivity index (χ2n) is 3.81. The average molecular weight is 229 g/mol. The normalized spacial score (nSPS) is 11.7. The van der Waals surface area contributed by atoms with Crippen molar-refractivity contribution in [2.45, 2.75) is 19.0 Å². The van der Waals surface area contributed by atoms with Crippen LogP contribution in [-0.4, -0.2) is 40.0 Å². The number of aliphatic hydroxyl groups is 2. The van der Waals surface area contributed by atoms with Crippen molar-refractivity contribution in [3.05, 3.63) is 23.7 Å². The van der Waals surface area contributed by atoms with Gasteiger partial charge in [0.2, 0.25) is 5.76 Å². The molecular weight excluding hydrogens is 214 g/mol. The quantitative estimate of drug-likeness (QED) is 0.539. The van der Waals surface area contributed by atoms with Gasteiger partial charge in [0, 0.05) is 12.1 Å². The van der Waals surface area contributed by atoms with Gasteiger partial charge >= 0.3 is 5.97 Å². The molecule has 1 aromatic rings. The zero-order chi connectivity index (χ0) is 12.2. The van der Waals surface area contributed by atoms with E-state index in [1.165, 1.54) is 12.3 Å². The number of nitrogens with one attached hydrogen (secondary N) is 1. The fourth-order valence-corrected chi connectivity index (χ4v) is 1.13. The van der Waals surface area contributed by atoms with Gasteiger partial charge in [0.05, 0.1) is 25.0 Å². The van der Waals surface area contributed by atoms with Crippen LogP contribution in [0, 0.1) is 0 Å². The lowest BCUT2D eigenvalue weighted by molar-refractivity contribution is 0.0659. The van der Waals surface area contributed by atoms with E-state index < -0.39 is 11.5 Å². The van der Waals surface area contributed by atoms with E-state index >= 15 is 0 Å². The summed E-state index contributed by atoms with van der Waals surface area (Å²) in [6.45, 7) is 1.34. The number of aromatic carboxylic acids is 1. The Morgan fingerprint density at radius 2 is 2.12 bits per heavy atom. The molecule has 0 radical (unpaired) electrons. The molecule has 6 nitrogen and oxygen atoms in total. The van der Waals surface area contributed by atoms with Crippen LogP contribution in [0.15, 0.2) is 16.7 Å². The molecule has 0 atom stereocenters. The smallest absolute Gasteiger partial charge is 0.372 e. The molecule has 0 aliphatic heterocycles. The molecule has 0 aromatic carbocycles. The summed E-state index contributed by atoms with van der Waals surface area (Å²) >= 11 is 0. The van der Waals surface area contributed by atoms with Gasteiger partial charge in [0.25, 0.3) is 0 Å². The molecule has 90 valence electrons. The first-order chi connectivity index (χ1) is 7.52. The van der Waals surface area contributed by atoms with E-state index in [0.717, 1.165) is 0 Å². The fraction of sp³-hybridized carbons (Fsp3) is 0.500. The standard InChI is InChI=1S/C10H15NO5/c1-10(5-12,6-13)11-4-7-2-3-16-8(7)9(14)15/h2-3,11-13H,4-6H2,1H3,(H,14,15). The Balaban J connectivity index is 2.67. The lowest BCUT2D eigenvalue weighted by Crippen LogP contribution is -2.48. The van der Waals surface area contributed by atoms with Gasteiger partial charge in [-0.2, -0.15) is 0 Å². The van der Waals surface area contributed by atoms with E-state index in [-0.39, 0.29) is 25.5 Å². The summed E-state index contributed by atoms with van der Waals surface area (Å²) in [6.07, 6.45) is 1.29. The van der Waals surface area contributed by atoms with Gasteiger partial charge in [0.15, 0.2) is 0 Å². The third kappa shape index (κ3) is 2.82. The second-order valence-corrected chi connectivity index (χ2v) is 3.81. The van der Waals surface area contributed by atoms with Crippen molar-refractivity contribution in [3.8, 4) is 0 Å². The zero-order valence-electron chi connectivity index (χ0n) is 8.93. The molecule has 16 heavy (non-hydrogen) atoms. The molecule has 1 heterocycles. The summed E-state index contributed by atoms with van der Waals surface area (Å²) in [6, 6.07) is 1.53. The summed E-state index contributed by atoms with van der Waals surface area (Å²) in [7, 11) is 0. The third-order valence-corrected chi connectivity index (χ3v) is 2.34. The van der Waals surface area contributed by atoms with Gasteiger partial charge < -0.3 is 25.1 Å². The molecular formula is C10H15NO5. The second kappa shape index (κ2) is 5.11. The Kier molecular flexibility index (Phi) is 4.05. The number of carboxylic acid groups (broad SMARTS) is 1. The van der Waals surface area contributed by atoms with Crippen LogP contribution in [-0.2, 0) is 6.54 Å². The highest BCUT2D eigenvalue weighted by Gasteiger charge is 2.23. The van der Waals surface area contributed by atoms with Crippen LogP contribution >= 0.6 is 0 Å². The number of carboxylic acids is 1. The van der Waals surface area contributed by atoms with Crippen molar-refractivity contribution in [3.63, 3.8) is 0 Å². The van der Waals surface area contributed by atoms with Crippen LogP contribution < -0.4 is 5.32 Å². The summed E-state index contributed by atoms with van der Waals surface area (Å²) < 4.78 is 4.79. The van der Waals surface area contributed by atoms with Crippen molar-refractivity contribution in [1.29, 1.82) is 0 Å². The first kappa shape index (κ1) is 12.7. The van der Waals surface area contributed by atoms with Crippen molar-refractivity contribution >= 4 is 5.97 Å². The van der Waals surface area contributed by atoms with E-state index in [1.54, 1.807) is 6.92 Å². The van der Waals surface area contributed by atoms with Crippen LogP contribution in [0.4, 0.5) is 0 Å². The molecule has 1 rings (SSSR count).